The molecule has 1 aliphatic rings. The molecule has 0 fully saturated rings. The Kier molecular flexibility index (Phi) is 3.88. The minimum absolute atomic E-state index is 0.301. The Balaban J connectivity index is 1.65. The maximum absolute atomic E-state index is 13.2. The van der Waals surface area contributed by atoms with E-state index in [1.54, 1.807) is 6.07 Å². The van der Waals surface area contributed by atoms with E-state index in [2.05, 4.69) is 6.07 Å². The average molecular weight is 289 g/mol. The monoisotopic (exact) mass is 289 g/mol. The van der Waals surface area contributed by atoms with Crippen LogP contribution in [0.25, 0.3) is 0 Å². The van der Waals surface area contributed by atoms with E-state index in [0.717, 1.165) is 31.3 Å². The largest absolute Gasteiger partial charge is 0.493 e. The van der Waals surface area contributed by atoms with Crippen LogP contribution in [0, 0.1) is 11.6 Å². The highest BCUT2D eigenvalue weighted by molar-refractivity contribution is 5.39. The first-order valence-corrected chi connectivity index (χ1v) is 7.08. The molecule has 2 N–H and O–H groups in total. The van der Waals surface area contributed by atoms with Crippen LogP contribution < -0.4 is 10.5 Å². The van der Waals surface area contributed by atoms with Crippen molar-refractivity contribution >= 4 is 0 Å². The van der Waals surface area contributed by atoms with Gasteiger partial charge in [-0.3, -0.25) is 0 Å². The summed E-state index contributed by atoms with van der Waals surface area (Å²) in [6.45, 7) is 0.743. The van der Waals surface area contributed by atoms with Gasteiger partial charge in [0.15, 0.2) is 11.6 Å². The van der Waals surface area contributed by atoms with Gasteiger partial charge in [0, 0.05) is 12.5 Å². The number of ether oxygens (including phenoxy) is 1. The van der Waals surface area contributed by atoms with Crippen LogP contribution in [-0.2, 0) is 12.8 Å². The van der Waals surface area contributed by atoms with Gasteiger partial charge in [0.2, 0.25) is 0 Å². The maximum atomic E-state index is 13.2. The fourth-order valence-corrected chi connectivity index (χ4v) is 2.63. The Morgan fingerprint density at radius 2 is 1.95 bits per heavy atom. The first kappa shape index (κ1) is 14.0. The van der Waals surface area contributed by atoms with Gasteiger partial charge in [0.1, 0.15) is 5.75 Å². The SMILES string of the molecule is NC(CCc1ccc2c(c1)CCO2)c1ccc(F)c(F)c1. The molecule has 1 atom stereocenters. The van der Waals surface area contributed by atoms with Crippen LogP contribution in [0.4, 0.5) is 8.78 Å². The molecule has 4 heteroatoms. The first-order valence-electron chi connectivity index (χ1n) is 7.08. The number of fused-ring (bicyclic) bond motifs is 1. The van der Waals surface area contributed by atoms with Crippen LogP contribution in [0.15, 0.2) is 36.4 Å². The van der Waals surface area contributed by atoms with E-state index in [-0.39, 0.29) is 6.04 Å². The van der Waals surface area contributed by atoms with Crippen molar-refractivity contribution in [2.24, 2.45) is 5.73 Å². The molecule has 2 aromatic rings. The van der Waals surface area contributed by atoms with Crippen molar-refractivity contribution in [3.05, 3.63) is 64.7 Å². The fraction of sp³-hybridized carbons (Fsp3) is 0.294. The lowest BCUT2D eigenvalue weighted by atomic mass is 9.98. The third-order valence-electron chi connectivity index (χ3n) is 3.87. The first-order chi connectivity index (χ1) is 10.1. The van der Waals surface area contributed by atoms with Gasteiger partial charge in [0.05, 0.1) is 6.61 Å². The third-order valence-corrected chi connectivity index (χ3v) is 3.87. The second kappa shape index (κ2) is 5.82. The highest BCUT2D eigenvalue weighted by Gasteiger charge is 2.13. The van der Waals surface area contributed by atoms with Crippen LogP contribution in [0.1, 0.15) is 29.2 Å². The average Bonchev–Trinajstić information content (AvgIpc) is 2.95. The summed E-state index contributed by atoms with van der Waals surface area (Å²) in [4.78, 5) is 0. The van der Waals surface area contributed by atoms with Crippen LogP contribution in [0.2, 0.25) is 0 Å². The zero-order chi connectivity index (χ0) is 14.8. The van der Waals surface area contributed by atoms with Crippen molar-refractivity contribution in [2.45, 2.75) is 25.3 Å². The van der Waals surface area contributed by atoms with E-state index >= 15 is 0 Å². The molecule has 3 rings (SSSR count). The second-order valence-corrected chi connectivity index (χ2v) is 5.36. The Hall–Kier alpha value is -1.94. The number of hydrogen-bond acceptors (Lipinski definition) is 2. The zero-order valence-corrected chi connectivity index (χ0v) is 11.6. The molecular weight excluding hydrogens is 272 g/mol. The van der Waals surface area contributed by atoms with Crippen LogP contribution >= 0.6 is 0 Å². The zero-order valence-electron chi connectivity index (χ0n) is 11.6. The van der Waals surface area contributed by atoms with E-state index < -0.39 is 11.6 Å². The number of benzene rings is 2. The number of nitrogens with two attached hydrogens (primary N) is 1. The summed E-state index contributed by atoms with van der Waals surface area (Å²) in [6.07, 6.45) is 2.43. The number of hydrogen-bond donors (Lipinski definition) is 1. The van der Waals surface area contributed by atoms with E-state index in [9.17, 15) is 8.78 Å². The molecule has 1 heterocycles. The summed E-state index contributed by atoms with van der Waals surface area (Å²) in [6, 6.07) is 9.70. The molecule has 0 amide bonds. The quantitative estimate of drug-likeness (QED) is 0.934. The van der Waals surface area contributed by atoms with Crippen LogP contribution in [-0.4, -0.2) is 6.61 Å². The number of halogens is 2. The molecule has 21 heavy (non-hydrogen) atoms. The van der Waals surface area contributed by atoms with Gasteiger partial charge in [-0.1, -0.05) is 18.2 Å². The van der Waals surface area contributed by atoms with E-state index in [0.29, 0.717) is 12.0 Å². The Bertz CT molecular complexity index is 657. The fourth-order valence-electron chi connectivity index (χ4n) is 2.63. The summed E-state index contributed by atoms with van der Waals surface area (Å²) < 4.78 is 31.6. The standard InChI is InChI=1S/C17H17F2NO/c18-14-4-3-12(10-15(14)19)16(20)5-1-11-2-6-17-13(9-11)7-8-21-17/h2-4,6,9-10,16H,1,5,7-8,20H2. The molecule has 0 radical (unpaired) electrons. The molecule has 0 bridgehead atoms. The van der Waals surface area contributed by atoms with Gasteiger partial charge in [-0.05, 0) is 47.7 Å². The van der Waals surface area contributed by atoms with Gasteiger partial charge < -0.3 is 10.5 Å². The maximum Gasteiger partial charge on any atom is 0.159 e. The molecule has 0 aliphatic carbocycles. The summed E-state index contributed by atoms with van der Waals surface area (Å²) in [7, 11) is 0. The molecule has 1 aliphatic heterocycles. The molecule has 0 saturated heterocycles. The molecule has 2 aromatic carbocycles. The molecule has 2 nitrogen and oxygen atoms in total. The molecule has 1 unspecified atom stereocenters. The van der Waals surface area contributed by atoms with Gasteiger partial charge in [0.25, 0.3) is 0 Å². The van der Waals surface area contributed by atoms with E-state index in [4.69, 9.17) is 10.5 Å². The normalized spacial score (nSPS) is 14.6. The van der Waals surface area contributed by atoms with Crippen molar-refractivity contribution in [2.75, 3.05) is 6.61 Å². The molecule has 0 aromatic heterocycles. The second-order valence-electron chi connectivity index (χ2n) is 5.36. The highest BCUT2D eigenvalue weighted by Crippen LogP contribution is 2.27. The Morgan fingerprint density at radius 3 is 2.76 bits per heavy atom. The predicted octanol–water partition coefficient (Wildman–Crippen LogP) is 3.53. The Labute approximate surface area is 122 Å². The topological polar surface area (TPSA) is 35.2 Å². The highest BCUT2D eigenvalue weighted by atomic mass is 19.2. The minimum Gasteiger partial charge on any atom is -0.493 e. The van der Waals surface area contributed by atoms with Crippen molar-refractivity contribution in [1.29, 1.82) is 0 Å². The third kappa shape index (κ3) is 3.05. The minimum atomic E-state index is -0.849. The smallest absolute Gasteiger partial charge is 0.159 e. The molecular formula is C17H17F2NO. The van der Waals surface area contributed by atoms with Crippen LogP contribution in [0.3, 0.4) is 0 Å². The lowest BCUT2D eigenvalue weighted by molar-refractivity contribution is 0.357. The Morgan fingerprint density at radius 1 is 1.10 bits per heavy atom. The lowest BCUT2D eigenvalue weighted by Crippen LogP contribution is -2.12. The molecule has 0 spiro atoms. The van der Waals surface area contributed by atoms with Gasteiger partial charge in [-0.15, -0.1) is 0 Å². The summed E-state index contributed by atoms with van der Waals surface area (Å²) >= 11 is 0. The van der Waals surface area contributed by atoms with Gasteiger partial charge in [-0.25, -0.2) is 8.78 Å². The van der Waals surface area contributed by atoms with Gasteiger partial charge >= 0.3 is 0 Å². The predicted molar refractivity (Wildman–Crippen MR) is 77.2 cm³/mol. The van der Waals surface area contributed by atoms with E-state index in [1.807, 2.05) is 12.1 Å². The number of aryl methyl sites for hydroxylation is 1. The van der Waals surface area contributed by atoms with Crippen molar-refractivity contribution in [3.63, 3.8) is 0 Å². The van der Waals surface area contributed by atoms with Crippen molar-refractivity contribution in [3.8, 4) is 5.75 Å². The molecule has 110 valence electrons. The summed E-state index contributed by atoms with van der Waals surface area (Å²) in [5.74, 6) is -0.731. The van der Waals surface area contributed by atoms with Crippen LogP contribution in [0.5, 0.6) is 5.75 Å². The molecule has 0 saturated carbocycles. The van der Waals surface area contributed by atoms with Crippen molar-refractivity contribution < 1.29 is 13.5 Å². The summed E-state index contributed by atoms with van der Waals surface area (Å²) in [5.41, 5.74) is 9.11. The summed E-state index contributed by atoms with van der Waals surface area (Å²) in [5, 5.41) is 0. The number of rotatable bonds is 4. The van der Waals surface area contributed by atoms with Gasteiger partial charge in [-0.2, -0.15) is 0 Å². The van der Waals surface area contributed by atoms with E-state index in [1.165, 1.54) is 17.2 Å². The lowest BCUT2D eigenvalue weighted by Gasteiger charge is -2.13. The van der Waals surface area contributed by atoms with Crippen molar-refractivity contribution in [1.82, 2.24) is 0 Å².